The van der Waals surface area contributed by atoms with Gasteiger partial charge >= 0.3 is 118 Å². The van der Waals surface area contributed by atoms with Gasteiger partial charge in [-0.1, -0.05) is 0 Å². The predicted molar refractivity (Wildman–Crippen MR) is 72.5 cm³/mol. The number of carbonyl (C=O) groups is 2. The molecule has 0 unspecified atom stereocenters. The van der Waals surface area contributed by atoms with Gasteiger partial charge in [-0.05, 0) is 0 Å². The van der Waals surface area contributed by atoms with Crippen molar-refractivity contribution < 1.29 is 23.6 Å². The molecule has 0 bridgehead atoms. The summed E-state index contributed by atoms with van der Waals surface area (Å²) in [6, 6.07) is 11.7. The van der Waals surface area contributed by atoms with Crippen LogP contribution in [0.5, 0.6) is 0 Å². The molecule has 0 spiro atoms. The van der Waals surface area contributed by atoms with E-state index in [-0.39, 0.29) is 11.1 Å². The zero-order valence-corrected chi connectivity index (χ0v) is 11.9. The van der Waals surface area contributed by atoms with Gasteiger partial charge in [0.25, 0.3) is 0 Å². The molecular weight excluding hydrogens is 327 g/mol. The monoisotopic (exact) mass is 338 g/mol. The average Bonchev–Trinajstić information content (AvgIpc) is 2.46. The second-order valence-electron chi connectivity index (χ2n) is 3.93. The van der Waals surface area contributed by atoms with Crippen LogP contribution in [-0.2, 0) is 3.83 Å². The summed E-state index contributed by atoms with van der Waals surface area (Å²) < 4.78 is 13.4. The molecule has 2 aromatic rings. The van der Waals surface area contributed by atoms with Gasteiger partial charge < -0.3 is 0 Å². The summed E-state index contributed by atoms with van der Waals surface area (Å²) in [5.41, 5.74) is 0.266. The van der Waals surface area contributed by atoms with E-state index < -0.39 is 25.8 Å². The van der Waals surface area contributed by atoms with Crippen LogP contribution in [0.25, 0.3) is 0 Å². The number of carboxylic acids is 2. The number of hydrogen-bond acceptors (Lipinski definition) is 3. The van der Waals surface area contributed by atoms with E-state index in [1.54, 1.807) is 0 Å². The van der Waals surface area contributed by atoms with Crippen LogP contribution in [0, 0.1) is 0 Å². The van der Waals surface area contributed by atoms with Crippen molar-refractivity contribution in [1.82, 2.24) is 0 Å². The Morgan fingerprint density at radius 3 is 1.25 bits per heavy atom. The van der Waals surface area contributed by atoms with Gasteiger partial charge in [-0.15, -0.1) is 0 Å². The third kappa shape index (κ3) is 2.99. The fourth-order valence-electron chi connectivity index (χ4n) is 1.58. The second-order valence-corrected chi connectivity index (χ2v) is 7.03. The van der Waals surface area contributed by atoms with E-state index in [0.29, 0.717) is 8.92 Å². The van der Waals surface area contributed by atoms with Gasteiger partial charge in [0.1, 0.15) is 0 Å². The van der Waals surface area contributed by atoms with Gasteiger partial charge in [0, 0.05) is 0 Å². The molecule has 0 saturated heterocycles. The first-order chi connectivity index (χ1) is 9.49. The van der Waals surface area contributed by atoms with E-state index in [1.165, 1.54) is 48.5 Å². The number of benzene rings is 2. The summed E-state index contributed by atoms with van der Waals surface area (Å²) in [4.78, 5) is 21.5. The fourth-order valence-corrected chi connectivity index (χ4v) is 3.76. The Labute approximate surface area is 118 Å². The van der Waals surface area contributed by atoms with Crippen molar-refractivity contribution in [1.29, 1.82) is 0 Å². The van der Waals surface area contributed by atoms with Crippen molar-refractivity contribution in [2.45, 2.75) is 0 Å². The Kier molecular flexibility index (Phi) is 4.08. The molecule has 0 aliphatic carbocycles. The van der Waals surface area contributed by atoms with Crippen LogP contribution >= 0.6 is 0 Å². The van der Waals surface area contributed by atoms with Crippen molar-refractivity contribution in [2.24, 2.45) is 0 Å². The molecule has 5 nitrogen and oxygen atoms in total. The summed E-state index contributed by atoms with van der Waals surface area (Å²) in [6.45, 7) is 0. The zero-order chi connectivity index (χ0) is 14.7. The van der Waals surface area contributed by atoms with Gasteiger partial charge in [-0.2, -0.15) is 0 Å². The van der Waals surface area contributed by atoms with Crippen molar-refractivity contribution in [2.75, 3.05) is 0 Å². The molecule has 0 aliphatic rings. The molecule has 0 radical (unpaired) electrons. The Hall–Kier alpha value is -2.30. The van der Waals surface area contributed by atoms with Crippen LogP contribution in [-0.4, -0.2) is 36.0 Å². The summed E-state index contributed by atoms with van der Waals surface area (Å²) in [5, 5.41) is 17.6. The van der Waals surface area contributed by atoms with E-state index in [9.17, 15) is 13.4 Å². The topological polar surface area (TPSA) is 91.7 Å². The summed E-state index contributed by atoms with van der Waals surface area (Å²) >= 11 is -2.51. The average molecular weight is 337 g/mol. The first-order valence-corrected chi connectivity index (χ1v) is 7.99. The van der Waals surface area contributed by atoms with Gasteiger partial charge in [-0.3, -0.25) is 0 Å². The molecule has 0 fully saturated rings. The summed E-state index contributed by atoms with van der Waals surface area (Å²) in [6.07, 6.45) is 0. The van der Waals surface area contributed by atoms with Gasteiger partial charge in [0.2, 0.25) is 0 Å². The first-order valence-electron chi connectivity index (χ1n) is 5.57. The molecule has 2 rings (SSSR count). The molecule has 0 aromatic heterocycles. The van der Waals surface area contributed by atoms with Crippen molar-refractivity contribution in [3.63, 3.8) is 0 Å². The van der Waals surface area contributed by atoms with Crippen LogP contribution in [0.2, 0.25) is 0 Å². The molecule has 0 amide bonds. The third-order valence-electron chi connectivity index (χ3n) is 2.63. The summed E-state index contributed by atoms with van der Waals surface area (Å²) in [7, 11) is 0. The number of rotatable bonds is 4. The Balaban J connectivity index is 2.26. The van der Waals surface area contributed by atoms with Crippen LogP contribution in [0.4, 0.5) is 0 Å². The van der Waals surface area contributed by atoms with Gasteiger partial charge in [-0.25, -0.2) is 0 Å². The molecule has 2 aromatic carbocycles. The van der Waals surface area contributed by atoms with Crippen molar-refractivity contribution in [3.8, 4) is 0 Å². The quantitative estimate of drug-likeness (QED) is 0.798. The molecule has 0 aliphatic heterocycles. The minimum absolute atomic E-state index is 0.133. The number of aromatic carboxylic acids is 2. The standard InChI is InChI=1S/C14H10O5Se/c15-13(16)9-1-5-11(6-2-9)20(19)12-7-3-10(4-8-12)14(17)18/h1-8H,(H,15,16)(H,17,18). The molecule has 102 valence electrons. The molecule has 0 saturated carbocycles. The van der Waals surface area contributed by atoms with E-state index >= 15 is 0 Å². The van der Waals surface area contributed by atoms with Crippen LogP contribution < -0.4 is 8.92 Å². The maximum absolute atomic E-state index is 12.3. The van der Waals surface area contributed by atoms with E-state index in [2.05, 4.69) is 0 Å². The second kappa shape index (κ2) is 5.77. The van der Waals surface area contributed by atoms with Crippen LogP contribution in [0.15, 0.2) is 48.5 Å². The third-order valence-corrected chi connectivity index (χ3v) is 5.57. The van der Waals surface area contributed by atoms with Gasteiger partial charge in [0.05, 0.1) is 0 Å². The Bertz CT molecular complexity index is 614. The Morgan fingerprint density at radius 1 is 0.700 bits per heavy atom. The zero-order valence-electron chi connectivity index (χ0n) is 10.1. The molecule has 2 N–H and O–H groups in total. The fraction of sp³-hybridized carbons (Fsp3) is 0. The van der Waals surface area contributed by atoms with E-state index in [1.807, 2.05) is 0 Å². The van der Waals surface area contributed by atoms with Crippen LogP contribution in [0.3, 0.4) is 0 Å². The van der Waals surface area contributed by atoms with Gasteiger partial charge in [0.15, 0.2) is 0 Å². The SMILES string of the molecule is O=C(O)c1ccc([Se](=O)c2ccc(C(=O)O)cc2)cc1. The van der Waals surface area contributed by atoms with E-state index in [0.717, 1.165) is 0 Å². The maximum atomic E-state index is 12.3. The molecular formula is C14H10O5Se. The number of carboxylic acid groups (broad SMARTS) is 2. The number of hydrogen-bond donors (Lipinski definition) is 2. The van der Waals surface area contributed by atoms with Crippen molar-refractivity contribution in [3.05, 3.63) is 59.7 Å². The molecule has 6 heteroatoms. The minimum atomic E-state index is -2.51. The molecule has 0 heterocycles. The van der Waals surface area contributed by atoms with E-state index in [4.69, 9.17) is 10.2 Å². The summed E-state index contributed by atoms with van der Waals surface area (Å²) in [5.74, 6) is -2.07. The molecule has 0 atom stereocenters. The van der Waals surface area contributed by atoms with Crippen molar-refractivity contribution >= 4 is 34.7 Å². The first kappa shape index (κ1) is 14.1. The normalized spacial score (nSPS) is 10.4. The molecule has 20 heavy (non-hydrogen) atoms. The Morgan fingerprint density at radius 2 is 1.00 bits per heavy atom. The van der Waals surface area contributed by atoms with Crippen LogP contribution in [0.1, 0.15) is 20.7 Å². The predicted octanol–water partition coefficient (Wildman–Crippen LogP) is 0.619.